The molecule has 0 bridgehead atoms. The Labute approximate surface area is 296 Å². The first kappa shape index (κ1) is 33.4. The number of anilines is 1. The fourth-order valence-electron chi connectivity index (χ4n) is 8.45. The van der Waals surface area contributed by atoms with E-state index in [1.165, 1.54) is 19.2 Å². The monoisotopic (exact) mass is 718 g/mol. The highest BCUT2D eigenvalue weighted by Gasteiger charge is 2.71. The molecule has 258 valence electrons. The van der Waals surface area contributed by atoms with Crippen molar-refractivity contribution in [3.8, 4) is 17.2 Å². The maximum Gasteiger partial charge on any atom is 0.328 e. The summed E-state index contributed by atoms with van der Waals surface area (Å²) in [5, 5.41) is 13.2. The molecule has 3 aromatic carbocycles. The number of fused-ring (bicyclic) bond motifs is 4. The van der Waals surface area contributed by atoms with Gasteiger partial charge in [0, 0.05) is 16.5 Å². The van der Waals surface area contributed by atoms with Gasteiger partial charge in [-0.2, -0.15) is 9.91 Å². The quantitative estimate of drug-likeness (QED) is 0.220. The molecule has 3 fully saturated rings. The number of nitrogens with zero attached hydrogens (tertiary/aromatic N) is 2. The van der Waals surface area contributed by atoms with E-state index in [2.05, 4.69) is 5.43 Å². The molecule has 2 aliphatic carbocycles. The number of amides is 6. The summed E-state index contributed by atoms with van der Waals surface area (Å²) in [7, 11) is 1.51. The van der Waals surface area contributed by atoms with Gasteiger partial charge in [0.15, 0.2) is 11.5 Å². The number of carbonyl (C=O) groups excluding carboxylic acids is 5. The second-order valence-corrected chi connectivity index (χ2v) is 13.5. The van der Waals surface area contributed by atoms with E-state index in [0.29, 0.717) is 26.8 Å². The Balaban J connectivity index is 1.49. The Kier molecular flexibility index (Phi) is 8.26. The molecule has 2 saturated heterocycles. The van der Waals surface area contributed by atoms with Crippen LogP contribution in [-0.4, -0.2) is 58.4 Å². The summed E-state index contributed by atoms with van der Waals surface area (Å²) in [6.45, 7) is 2.00. The van der Waals surface area contributed by atoms with Gasteiger partial charge in [-0.3, -0.25) is 24.6 Å². The standard InChI is InChI=1S/C36H32Cl2N4O8/c1-3-50-27-6-4-5-22(30(27)43)29-20-12-13-21-28(33(46)41(31(21)44)35(39)48)23(20)16-24-32(45)42(40-26-14-9-18(37)15-25(26)38)34(47)36(24,29)17-7-10-19(49-2)11-8-17/h4-12,14-15,21,23-24,28-29,40,43H,3,13,16H2,1-2H3,(H2,39,48)/t21-,23+,24-,28-,29+,36+/m0/s1. The lowest BCUT2D eigenvalue weighted by molar-refractivity contribution is -0.139. The molecular weight excluding hydrogens is 687 g/mol. The fourth-order valence-corrected chi connectivity index (χ4v) is 8.90. The number of hydrogen-bond donors (Lipinski definition) is 3. The summed E-state index contributed by atoms with van der Waals surface area (Å²) in [6, 6.07) is 15.1. The molecule has 50 heavy (non-hydrogen) atoms. The Morgan fingerprint density at radius 3 is 2.42 bits per heavy atom. The Bertz CT molecular complexity index is 2000. The van der Waals surface area contributed by atoms with Gasteiger partial charge in [0.2, 0.25) is 11.8 Å². The number of imide groups is 4. The summed E-state index contributed by atoms with van der Waals surface area (Å²) < 4.78 is 11.2. The zero-order chi connectivity index (χ0) is 35.6. The van der Waals surface area contributed by atoms with Crippen LogP contribution in [0.1, 0.15) is 36.8 Å². The Hall–Kier alpha value is -5.07. The van der Waals surface area contributed by atoms with Crippen molar-refractivity contribution < 1.29 is 38.6 Å². The Morgan fingerprint density at radius 1 is 1.02 bits per heavy atom. The van der Waals surface area contributed by atoms with Crippen molar-refractivity contribution in [3.05, 3.63) is 93.5 Å². The summed E-state index contributed by atoms with van der Waals surface area (Å²) in [5.41, 5.74) is 8.25. The van der Waals surface area contributed by atoms with Gasteiger partial charge in [0.1, 0.15) is 5.75 Å². The summed E-state index contributed by atoms with van der Waals surface area (Å²) >= 11 is 12.6. The first-order chi connectivity index (χ1) is 23.9. The van der Waals surface area contributed by atoms with Crippen LogP contribution in [0.25, 0.3) is 0 Å². The second-order valence-electron chi connectivity index (χ2n) is 12.7. The number of hydrazine groups is 1. The number of likely N-dealkylation sites (tertiary alicyclic amines) is 1. The number of phenolic OH excluding ortho intramolecular Hbond substituents is 1. The Morgan fingerprint density at radius 2 is 1.76 bits per heavy atom. The second kappa shape index (κ2) is 12.4. The first-order valence-electron chi connectivity index (χ1n) is 16.0. The molecule has 7 rings (SSSR count). The number of methoxy groups -OCH3 is 1. The van der Waals surface area contributed by atoms with Crippen molar-refractivity contribution in [2.24, 2.45) is 29.4 Å². The van der Waals surface area contributed by atoms with Crippen LogP contribution in [-0.2, 0) is 24.6 Å². The molecule has 0 aromatic heterocycles. The molecule has 3 aromatic rings. The molecule has 2 aliphatic heterocycles. The zero-order valence-corrected chi connectivity index (χ0v) is 28.4. The van der Waals surface area contributed by atoms with Crippen LogP contribution in [0.2, 0.25) is 10.0 Å². The molecule has 4 N–H and O–H groups in total. The number of para-hydroxylation sites is 1. The molecule has 6 atom stereocenters. The van der Waals surface area contributed by atoms with Gasteiger partial charge >= 0.3 is 6.03 Å². The predicted molar refractivity (Wildman–Crippen MR) is 181 cm³/mol. The smallest absolute Gasteiger partial charge is 0.328 e. The van der Waals surface area contributed by atoms with Crippen molar-refractivity contribution in [1.29, 1.82) is 0 Å². The number of benzene rings is 3. The van der Waals surface area contributed by atoms with Crippen molar-refractivity contribution in [1.82, 2.24) is 9.91 Å². The molecule has 0 spiro atoms. The highest BCUT2D eigenvalue weighted by Crippen LogP contribution is 2.65. The highest BCUT2D eigenvalue weighted by atomic mass is 35.5. The van der Waals surface area contributed by atoms with Crippen molar-refractivity contribution in [2.75, 3.05) is 19.1 Å². The van der Waals surface area contributed by atoms with Crippen molar-refractivity contribution in [3.63, 3.8) is 0 Å². The molecule has 0 unspecified atom stereocenters. The maximum absolute atomic E-state index is 15.3. The molecule has 1 saturated carbocycles. The minimum absolute atomic E-state index is 0.0375. The number of nitrogens with two attached hydrogens (primary N) is 1. The number of urea groups is 1. The lowest BCUT2D eigenvalue weighted by atomic mass is 9.49. The number of nitrogens with one attached hydrogen (secondary N) is 1. The van der Waals surface area contributed by atoms with Crippen LogP contribution < -0.4 is 20.6 Å². The lowest BCUT2D eigenvalue weighted by Gasteiger charge is -2.50. The van der Waals surface area contributed by atoms with E-state index in [-0.39, 0.29) is 47.2 Å². The SMILES string of the molecule is CCOc1cccc([C@H]2C3=CC[C@@H]4C(=O)N(C(N)=O)C(=O)[C@@H]4[C@@H]3C[C@H]3C(=O)N(Nc4ccc(Cl)cc4Cl)C(=O)[C@@]23c2ccc(OC)cc2)c1O. The van der Waals surface area contributed by atoms with Crippen LogP contribution in [0.3, 0.4) is 0 Å². The number of rotatable bonds is 7. The average molecular weight is 720 g/mol. The van der Waals surface area contributed by atoms with E-state index < -0.39 is 64.7 Å². The van der Waals surface area contributed by atoms with Gasteiger partial charge in [-0.05, 0) is 67.6 Å². The fraction of sp³-hybridized carbons (Fsp3) is 0.306. The number of allylic oxidation sites excluding steroid dienone is 2. The number of carbonyl (C=O) groups is 5. The van der Waals surface area contributed by atoms with Crippen LogP contribution in [0, 0.1) is 23.7 Å². The number of halogens is 2. The summed E-state index contributed by atoms with van der Waals surface area (Å²) in [5.74, 6) is -7.16. The molecule has 0 radical (unpaired) electrons. The molecule has 12 nitrogen and oxygen atoms in total. The van der Waals surface area contributed by atoms with Crippen molar-refractivity contribution in [2.45, 2.75) is 31.1 Å². The number of hydrogen-bond acceptors (Lipinski definition) is 9. The van der Waals surface area contributed by atoms with Gasteiger partial charge in [-0.25, -0.2) is 4.79 Å². The largest absolute Gasteiger partial charge is 0.504 e. The normalized spacial score (nSPS) is 27.0. The topological polar surface area (TPSA) is 169 Å². The van der Waals surface area contributed by atoms with Crippen LogP contribution >= 0.6 is 23.2 Å². The van der Waals surface area contributed by atoms with E-state index in [1.807, 2.05) is 0 Å². The molecular formula is C36H32Cl2N4O8. The first-order valence-corrected chi connectivity index (χ1v) is 16.8. The number of phenols is 1. The zero-order valence-electron chi connectivity index (χ0n) is 26.9. The van der Waals surface area contributed by atoms with Crippen LogP contribution in [0.5, 0.6) is 17.2 Å². The van der Waals surface area contributed by atoms with Gasteiger partial charge in [-0.1, -0.05) is 59.1 Å². The van der Waals surface area contributed by atoms with Gasteiger partial charge in [-0.15, -0.1) is 0 Å². The van der Waals surface area contributed by atoms with E-state index in [0.717, 1.165) is 5.01 Å². The maximum atomic E-state index is 15.3. The van der Waals surface area contributed by atoms with E-state index in [1.54, 1.807) is 61.5 Å². The van der Waals surface area contributed by atoms with Crippen molar-refractivity contribution >= 4 is 58.5 Å². The molecule has 6 amide bonds. The predicted octanol–water partition coefficient (Wildman–Crippen LogP) is 5.17. The number of primary amides is 1. The molecule has 2 heterocycles. The van der Waals surface area contributed by atoms with Crippen LogP contribution in [0.4, 0.5) is 10.5 Å². The van der Waals surface area contributed by atoms with Gasteiger partial charge in [0.25, 0.3) is 11.8 Å². The highest BCUT2D eigenvalue weighted by molar-refractivity contribution is 6.36. The van der Waals surface area contributed by atoms with Crippen LogP contribution in [0.15, 0.2) is 72.3 Å². The van der Waals surface area contributed by atoms with E-state index in [4.69, 9.17) is 38.4 Å². The van der Waals surface area contributed by atoms with Gasteiger partial charge < -0.3 is 20.3 Å². The van der Waals surface area contributed by atoms with E-state index in [9.17, 15) is 24.3 Å². The van der Waals surface area contributed by atoms with E-state index >= 15 is 4.79 Å². The summed E-state index contributed by atoms with van der Waals surface area (Å²) in [6.07, 6.45) is 1.83. The number of ether oxygens (including phenoxy) is 2. The minimum Gasteiger partial charge on any atom is -0.504 e. The average Bonchev–Trinajstić information content (AvgIpc) is 3.48. The third-order valence-corrected chi connectivity index (χ3v) is 11.0. The lowest BCUT2D eigenvalue weighted by Crippen LogP contribution is -2.53. The third-order valence-electron chi connectivity index (χ3n) is 10.4. The number of aromatic hydroxyl groups is 1. The van der Waals surface area contributed by atoms with Gasteiger partial charge in [0.05, 0.1) is 47.6 Å². The summed E-state index contributed by atoms with van der Waals surface area (Å²) in [4.78, 5) is 70.0. The third kappa shape index (κ3) is 4.76. The molecule has 4 aliphatic rings. The molecule has 14 heteroatoms. The minimum atomic E-state index is -1.69.